The molecule has 0 aliphatic heterocycles. The summed E-state index contributed by atoms with van der Waals surface area (Å²) in [5, 5.41) is 5.11. The number of para-hydroxylation sites is 1. The zero-order valence-corrected chi connectivity index (χ0v) is 34.2. The summed E-state index contributed by atoms with van der Waals surface area (Å²) in [5.74, 6) is 0. The highest BCUT2D eigenvalue weighted by molar-refractivity contribution is 7.26. The van der Waals surface area contributed by atoms with E-state index in [0.717, 1.165) is 11.4 Å². The second-order valence-electron chi connectivity index (χ2n) is 16.5. The molecule has 3 heteroatoms. The van der Waals surface area contributed by atoms with Crippen molar-refractivity contribution in [2.75, 3.05) is 4.90 Å². The average molecular weight is 785 g/mol. The summed E-state index contributed by atoms with van der Waals surface area (Å²) < 4.78 is 5.04. The van der Waals surface area contributed by atoms with Gasteiger partial charge in [0.05, 0.1) is 16.7 Å². The molecule has 1 aliphatic carbocycles. The van der Waals surface area contributed by atoms with E-state index >= 15 is 0 Å². The second-order valence-corrected chi connectivity index (χ2v) is 17.6. The minimum absolute atomic E-state index is 0.0785. The van der Waals surface area contributed by atoms with Gasteiger partial charge < -0.3 is 9.47 Å². The number of rotatable bonds is 6. The van der Waals surface area contributed by atoms with E-state index in [1.807, 2.05) is 11.3 Å². The summed E-state index contributed by atoms with van der Waals surface area (Å²) in [7, 11) is 0. The molecule has 60 heavy (non-hydrogen) atoms. The van der Waals surface area contributed by atoms with Gasteiger partial charge in [-0.25, -0.2) is 0 Å². The molecule has 0 saturated carbocycles. The minimum Gasteiger partial charge on any atom is -0.310 e. The van der Waals surface area contributed by atoms with E-state index < -0.39 is 0 Å². The van der Waals surface area contributed by atoms with Gasteiger partial charge in [-0.15, -0.1) is 11.3 Å². The molecule has 12 rings (SSSR count). The van der Waals surface area contributed by atoms with E-state index in [2.05, 4.69) is 230 Å². The SMILES string of the molecule is CC1(C)c2ccccc2-c2cc3c4cc(-c5ccc(N(c6ccc(-c7ccccc7)cc6)c6cccc7sc8ccccc8c67)cc5)ccc4n(-c4ccccc4)c3cc21. The quantitative estimate of drug-likeness (QED) is 0.163. The summed E-state index contributed by atoms with van der Waals surface area (Å²) in [6.07, 6.45) is 0. The number of hydrogen-bond donors (Lipinski definition) is 0. The zero-order chi connectivity index (χ0) is 40.0. The number of aromatic nitrogens is 1. The van der Waals surface area contributed by atoms with Crippen LogP contribution < -0.4 is 4.90 Å². The van der Waals surface area contributed by atoms with Crippen molar-refractivity contribution < 1.29 is 0 Å². The summed E-state index contributed by atoms with van der Waals surface area (Å²) >= 11 is 1.86. The summed E-state index contributed by atoms with van der Waals surface area (Å²) in [6, 6.07) is 76.0. The van der Waals surface area contributed by atoms with Gasteiger partial charge >= 0.3 is 0 Å². The maximum absolute atomic E-state index is 2.46. The van der Waals surface area contributed by atoms with Crippen LogP contribution in [0.15, 0.2) is 206 Å². The molecule has 0 fully saturated rings. The van der Waals surface area contributed by atoms with Crippen molar-refractivity contribution in [1.29, 1.82) is 0 Å². The molecular weight excluding hydrogens is 745 g/mol. The lowest BCUT2D eigenvalue weighted by atomic mass is 9.82. The smallest absolute Gasteiger partial charge is 0.0554 e. The van der Waals surface area contributed by atoms with E-state index in [9.17, 15) is 0 Å². The van der Waals surface area contributed by atoms with Crippen LogP contribution in [-0.4, -0.2) is 4.57 Å². The largest absolute Gasteiger partial charge is 0.310 e. The lowest BCUT2D eigenvalue weighted by Crippen LogP contribution is -2.14. The van der Waals surface area contributed by atoms with Crippen molar-refractivity contribution in [3.63, 3.8) is 0 Å². The van der Waals surface area contributed by atoms with Crippen LogP contribution in [0.25, 0.3) is 81.0 Å². The highest BCUT2D eigenvalue weighted by atomic mass is 32.1. The third kappa shape index (κ3) is 5.33. The van der Waals surface area contributed by atoms with E-state index in [4.69, 9.17) is 0 Å². The van der Waals surface area contributed by atoms with Crippen molar-refractivity contribution in [2.45, 2.75) is 19.3 Å². The van der Waals surface area contributed by atoms with Gasteiger partial charge in [0.15, 0.2) is 0 Å². The lowest BCUT2D eigenvalue weighted by Gasteiger charge is -2.27. The molecule has 0 radical (unpaired) electrons. The molecule has 284 valence electrons. The van der Waals surface area contributed by atoms with Crippen molar-refractivity contribution in [1.82, 2.24) is 4.57 Å². The topological polar surface area (TPSA) is 8.17 Å². The first-order chi connectivity index (χ1) is 29.5. The third-order valence-corrected chi connectivity index (χ3v) is 13.9. The van der Waals surface area contributed by atoms with Crippen LogP contribution in [0.5, 0.6) is 0 Å². The first kappa shape index (κ1) is 34.8. The van der Waals surface area contributed by atoms with E-state index in [-0.39, 0.29) is 5.41 Å². The van der Waals surface area contributed by atoms with Gasteiger partial charge in [-0.3, -0.25) is 0 Å². The van der Waals surface area contributed by atoms with Crippen molar-refractivity contribution in [3.05, 3.63) is 217 Å². The Morgan fingerprint density at radius 2 is 1.02 bits per heavy atom. The van der Waals surface area contributed by atoms with Crippen molar-refractivity contribution in [3.8, 4) is 39.1 Å². The Balaban J connectivity index is 1.01. The molecular formula is C57H40N2S. The van der Waals surface area contributed by atoms with Gasteiger partial charge in [0, 0.05) is 53.4 Å². The molecule has 0 spiro atoms. The summed E-state index contributed by atoms with van der Waals surface area (Å²) in [6.45, 7) is 4.73. The maximum atomic E-state index is 2.46. The molecule has 2 nitrogen and oxygen atoms in total. The summed E-state index contributed by atoms with van der Waals surface area (Å²) in [5.41, 5.74) is 17.3. The Labute approximate surface area is 353 Å². The van der Waals surface area contributed by atoms with Crippen LogP contribution in [0.3, 0.4) is 0 Å². The van der Waals surface area contributed by atoms with Crippen molar-refractivity contribution in [2.24, 2.45) is 0 Å². The Hall–Kier alpha value is -7.20. The van der Waals surface area contributed by atoms with Gasteiger partial charge in [-0.2, -0.15) is 0 Å². The molecule has 9 aromatic carbocycles. The normalized spacial score (nSPS) is 13.0. The van der Waals surface area contributed by atoms with Crippen LogP contribution >= 0.6 is 11.3 Å². The number of fused-ring (bicyclic) bond motifs is 9. The van der Waals surface area contributed by atoms with Gasteiger partial charge in [-0.05, 0) is 123 Å². The van der Waals surface area contributed by atoms with Gasteiger partial charge in [0.2, 0.25) is 0 Å². The molecule has 11 aromatic rings. The number of benzene rings is 9. The fraction of sp³-hybridized carbons (Fsp3) is 0.0526. The van der Waals surface area contributed by atoms with Gasteiger partial charge in [0.25, 0.3) is 0 Å². The fourth-order valence-corrected chi connectivity index (χ4v) is 11.0. The van der Waals surface area contributed by atoms with Gasteiger partial charge in [0.1, 0.15) is 0 Å². The first-order valence-corrected chi connectivity index (χ1v) is 21.6. The molecule has 0 saturated heterocycles. The second kappa shape index (κ2) is 13.4. The van der Waals surface area contributed by atoms with Crippen LogP contribution in [0, 0.1) is 0 Å². The summed E-state index contributed by atoms with van der Waals surface area (Å²) in [4.78, 5) is 2.43. The Morgan fingerprint density at radius 3 is 1.78 bits per heavy atom. The standard InChI is InChI=1S/C57H40N2S/c1-57(2)49-20-11-9-18-44(49)46-35-48-47-34-40(28-33-51(47)59(53(48)36-50(46)57)41-16-7-4-8-17-41)39-26-31-43(32-27-39)58(42-29-24-38(25-30-42)37-14-5-3-6-15-37)52-21-13-23-55-56(52)45-19-10-12-22-54(45)60-55/h3-36H,1-2H3. The number of hydrogen-bond acceptors (Lipinski definition) is 2. The Kier molecular flexibility index (Phi) is 7.79. The van der Waals surface area contributed by atoms with Crippen LogP contribution in [0.2, 0.25) is 0 Å². The number of anilines is 3. The number of nitrogens with zero attached hydrogens (tertiary/aromatic N) is 2. The van der Waals surface area contributed by atoms with E-state index in [0.29, 0.717) is 0 Å². The predicted octanol–water partition coefficient (Wildman–Crippen LogP) is 16.3. The fourth-order valence-electron chi connectivity index (χ4n) is 9.85. The molecule has 0 N–H and O–H groups in total. The minimum atomic E-state index is -0.0785. The lowest BCUT2D eigenvalue weighted by molar-refractivity contribution is 0.661. The monoisotopic (exact) mass is 784 g/mol. The highest BCUT2D eigenvalue weighted by Gasteiger charge is 2.36. The maximum Gasteiger partial charge on any atom is 0.0554 e. The van der Waals surface area contributed by atoms with Gasteiger partial charge in [-0.1, -0.05) is 141 Å². The molecule has 0 atom stereocenters. The zero-order valence-electron chi connectivity index (χ0n) is 33.4. The van der Waals surface area contributed by atoms with E-state index in [1.165, 1.54) is 97.9 Å². The van der Waals surface area contributed by atoms with Crippen LogP contribution in [0.4, 0.5) is 17.1 Å². The van der Waals surface area contributed by atoms with Crippen LogP contribution in [0.1, 0.15) is 25.0 Å². The third-order valence-electron chi connectivity index (χ3n) is 12.8. The predicted molar refractivity (Wildman–Crippen MR) is 257 cm³/mol. The van der Waals surface area contributed by atoms with Crippen LogP contribution in [-0.2, 0) is 5.41 Å². The highest BCUT2D eigenvalue weighted by Crippen LogP contribution is 2.51. The molecule has 2 heterocycles. The molecule has 0 unspecified atom stereocenters. The Morgan fingerprint density at radius 1 is 0.417 bits per heavy atom. The molecule has 2 aromatic heterocycles. The molecule has 1 aliphatic rings. The molecule has 0 amide bonds. The van der Waals surface area contributed by atoms with E-state index in [1.54, 1.807) is 0 Å². The van der Waals surface area contributed by atoms with Crippen molar-refractivity contribution >= 4 is 70.4 Å². The number of thiophene rings is 1. The molecule has 0 bridgehead atoms. The Bertz CT molecular complexity index is 3430. The first-order valence-electron chi connectivity index (χ1n) is 20.8. The average Bonchev–Trinajstić information content (AvgIpc) is 3.92.